The summed E-state index contributed by atoms with van der Waals surface area (Å²) < 4.78 is 54.9. The number of halogens is 3. The van der Waals surface area contributed by atoms with E-state index in [-0.39, 0.29) is 38.9 Å². The Bertz CT molecular complexity index is 1090. The molecule has 3 heterocycles. The van der Waals surface area contributed by atoms with Crippen LogP contribution in [0.2, 0.25) is 0 Å². The Labute approximate surface area is 190 Å². The number of nitrogens with zero attached hydrogens (tertiary/aromatic N) is 2. The van der Waals surface area contributed by atoms with Gasteiger partial charge in [0.15, 0.2) is 0 Å². The van der Waals surface area contributed by atoms with E-state index < -0.39 is 34.5 Å². The van der Waals surface area contributed by atoms with Crippen LogP contribution in [0.4, 0.5) is 22.7 Å². The minimum atomic E-state index is -4.53. The van der Waals surface area contributed by atoms with Crippen LogP contribution < -0.4 is 10.5 Å². The van der Waals surface area contributed by atoms with Crippen LogP contribution in [-0.4, -0.2) is 49.2 Å². The van der Waals surface area contributed by atoms with Gasteiger partial charge in [0, 0.05) is 0 Å². The third kappa shape index (κ3) is 3.77. The number of likely N-dealkylation sites (tertiary alicyclic amines) is 1. The fourth-order valence-electron chi connectivity index (χ4n) is 4.16. The quantitative estimate of drug-likeness (QED) is 0.521. The number of anilines is 1. The standard InChI is InChI=1S/C22H26F3N3O3Se/c1-19(2,3)13-12(22(23,24)25)8-7-11-14-16(32-17(26)27-14)21(30-15(11)13)9-28(10-21)18(29)31-20(4,5)6/h7-8H,9-10H2,1-6H3,(H2,26,27). The summed E-state index contributed by atoms with van der Waals surface area (Å²) in [6, 6.07) is 2.51. The molecule has 0 unspecified atom stereocenters. The molecule has 10 heteroatoms. The number of fused-ring (bicyclic) bond motifs is 4. The Morgan fingerprint density at radius 1 is 1.19 bits per heavy atom. The van der Waals surface area contributed by atoms with E-state index in [1.807, 2.05) is 0 Å². The number of rotatable bonds is 0. The van der Waals surface area contributed by atoms with Crippen molar-refractivity contribution in [1.82, 2.24) is 9.88 Å². The Morgan fingerprint density at radius 3 is 2.34 bits per heavy atom. The third-order valence-corrected chi connectivity index (χ3v) is 7.61. The van der Waals surface area contributed by atoms with Gasteiger partial charge >= 0.3 is 190 Å². The number of benzene rings is 1. The van der Waals surface area contributed by atoms with Gasteiger partial charge in [0.25, 0.3) is 0 Å². The molecule has 1 amide bonds. The second-order valence-corrected chi connectivity index (χ2v) is 12.4. The number of aromatic nitrogens is 1. The first-order chi connectivity index (χ1) is 14.5. The number of amides is 1. The summed E-state index contributed by atoms with van der Waals surface area (Å²) in [4.78, 5) is 18.5. The molecule has 1 fully saturated rings. The van der Waals surface area contributed by atoms with Gasteiger partial charge in [-0.2, -0.15) is 0 Å². The van der Waals surface area contributed by atoms with Crippen molar-refractivity contribution in [3.8, 4) is 17.0 Å². The average molecular weight is 516 g/mol. The summed E-state index contributed by atoms with van der Waals surface area (Å²) >= 11 is -0.308. The van der Waals surface area contributed by atoms with Crippen molar-refractivity contribution < 1.29 is 27.4 Å². The maximum atomic E-state index is 13.9. The first-order valence-corrected chi connectivity index (χ1v) is 11.9. The molecule has 2 aromatic rings. The van der Waals surface area contributed by atoms with Crippen LogP contribution in [0, 0.1) is 0 Å². The molecule has 6 nitrogen and oxygen atoms in total. The van der Waals surface area contributed by atoms with E-state index in [1.165, 1.54) is 11.0 Å². The SMILES string of the molecule is CC(C)(C)OC(=O)N1CC2(C1)Oc1c(ccc(C(F)(F)F)c1C(C)(C)C)-c1nc(N)[se]c12. The summed E-state index contributed by atoms with van der Waals surface area (Å²) in [7, 11) is 0. The van der Waals surface area contributed by atoms with Gasteiger partial charge in [-0.25, -0.2) is 0 Å². The third-order valence-electron chi connectivity index (χ3n) is 5.37. The van der Waals surface area contributed by atoms with E-state index in [2.05, 4.69) is 4.98 Å². The first kappa shape index (κ1) is 23.0. The summed E-state index contributed by atoms with van der Waals surface area (Å²) in [5.41, 5.74) is 4.04. The number of hydrogen-bond donors (Lipinski definition) is 1. The molecule has 2 aliphatic rings. The zero-order valence-corrected chi connectivity index (χ0v) is 20.5. The van der Waals surface area contributed by atoms with Gasteiger partial charge in [0.1, 0.15) is 0 Å². The summed E-state index contributed by atoms with van der Waals surface area (Å²) in [6.45, 7) is 10.8. The number of ether oxygens (including phenoxy) is 2. The van der Waals surface area contributed by atoms with Crippen LogP contribution in [0.25, 0.3) is 11.3 Å². The van der Waals surface area contributed by atoms with E-state index in [0.29, 0.717) is 15.9 Å². The fourth-order valence-corrected chi connectivity index (χ4v) is 6.16. The van der Waals surface area contributed by atoms with E-state index in [9.17, 15) is 18.0 Å². The molecule has 32 heavy (non-hydrogen) atoms. The molecular formula is C22H26F3N3O3Se. The van der Waals surface area contributed by atoms with Crippen molar-refractivity contribution >= 4 is 25.3 Å². The molecule has 1 spiro atoms. The normalized spacial score (nSPS) is 17.3. The van der Waals surface area contributed by atoms with Gasteiger partial charge in [-0.05, 0) is 0 Å². The molecule has 0 aliphatic carbocycles. The summed E-state index contributed by atoms with van der Waals surface area (Å²) in [6.07, 6.45) is -5.02. The second kappa shape index (κ2) is 6.90. The Hall–Kier alpha value is -2.19. The van der Waals surface area contributed by atoms with Gasteiger partial charge in [-0.1, -0.05) is 0 Å². The van der Waals surface area contributed by atoms with Gasteiger partial charge < -0.3 is 0 Å². The molecule has 1 aromatic heterocycles. The molecule has 0 bridgehead atoms. The Kier molecular flexibility index (Phi) is 4.96. The van der Waals surface area contributed by atoms with Crippen molar-refractivity contribution in [2.24, 2.45) is 0 Å². The molecule has 2 N–H and O–H groups in total. The van der Waals surface area contributed by atoms with Crippen LogP contribution in [-0.2, 0) is 21.9 Å². The first-order valence-electron chi connectivity index (χ1n) is 10.2. The molecule has 0 atom stereocenters. The molecule has 0 saturated carbocycles. The van der Waals surface area contributed by atoms with E-state index in [4.69, 9.17) is 15.2 Å². The Morgan fingerprint density at radius 2 is 1.81 bits per heavy atom. The van der Waals surface area contributed by atoms with Gasteiger partial charge in [-0.3, -0.25) is 0 Å². The number of nitrogens with two attached hydrogens (primary N) is 1. The van der Waals surface area contributed by atoms with Crippen LogP contribution in [0.5, 0.6) is 5.75 Å². The van der Waals surface area contributed by atoms with Gasteiger partial charge in [-0.15, -0.1) is 0 Å². The zero-order valence-electron chi connectivity index (χ0n) is 18.8. The molecule has 4 rings (SSSR count). The average Bonchev–Trinajstić information content (AvgIpc) is 2.96. The van der Waals surface area contributed by atoms with Crippen molar-refractivity contribution in [3.05, 3.63) is 27.7 Å². The maximum absolute atomic E-state index is 13.9. The number of nitrogen functional groups attached to an aromatic ring is 1. The number of carbonyl (C=O) groups excluding carboxylic acids is 1. The van der Waals surface area contributed by atoms with Crippen molar-refractivity contribution in [2.75, 3.05) is 18.8 Å². The van der Waals surface area contributed by atoms with Crippen molar-refractivity contribution in [2.45, 2.75) is 64.3 Å². The van der Waals surface area contributed by atoms with E-state index >= 15 is 0 Å². The predicted octanol–water partition coefficient (Wildman–Crippen LogP) is 4.54. The second-order valence-electron chi connectivity index (χ2n) is 10.3. The van der Waals surface area contributed by atoms with E-state index in [0.717, 1.165) is 10.5 Å². The molecule has 1 saturated heterocycles. The van der Waals surface area contributed by atoms with Gasteiger partial charge in [0.2, 0.25) is 0 Å². The molecule has 2 aliphatic heterocycles. The summed E-state index contributed by atoms with van der Waals surface area (Å²) in [5, 5.41) is 0. The van der Waals surface area contributed by atoms with Crippen LogP contribution in [0.3, 0.4) is 0 Å². The van der Waals surface area contributed by atoms with Crippen molar-refractivity contribution in [3.63, 3.8) is 0 Å². The molecule has 1 aromatic carbocycles. The predicted molar refractivity (Wildman–Crippen MR) is 115 cm³/mol. The van der Waals surface area contributed by atoms with Gasteiger partial charge in [0.05, 0.1) is 0 Å². The zero-order chi connectivity index (χ0) is 23.9. The molecule has 0 radical (unpaired) electrons. The van der Waals surface area contributed by atoms with Crippen LogP contribution >= 0.6 is 0 Å². The molecular weight excluding hydrogens is 490 g/mol. The Balaban J connectivity index is 1.82. The number of carbonyl (C=O) groups is 1. The number of hydrogen-bond acceptors (Lipinski definition) is 5. The van der Waals surface area contributed by atoms with Crippen molar-refractivity contribution in [1.29, 1.82) is 0 Å². The van der Waals surface area contributed by atoms with Crippen LogP contribution in [0.15, 0.2) is 12.1 Å². The topological polar surface area (TPSA) is 77.7 Å². The fraction of sp³-hybridized carbons (Fsp3) is 0.545. The number of alkyl halides is 3. The van der Waals surface area contributed by atoms with E-state index in [1.54, 1.807) is 41.5 Å². The minimum absolute atomic E-state index is 0.0808. The monoisotopic (exact) mass is 517 g/mol. The van der Waals surface area contributed by atoms with Crippen LogP contribution in [0.1, 0.15) is 57.1 Å². The summed E-state index contributed by atoms with van der Waals surface area (Å²) in [5.74, 6) is 0.171. The molecule has 174 valence electrons.